The van der Waals surface area contributed by atoms with Crippen molar-refractivity contribution in [3.05, 3.63) is 54.4 Å². The number of ether oxygens (including phenoxy) is 1. The fourth-order valence-electron chi connectivity index (χ4n) is 4.23. The lowest BCUT2D eigenvalue weighted by Crippen LogP contribution is -2.41. The largest absolute Gasteiger partial charge is 0.474 e. The maximum atomic E-state index is 13.0. The van der Waals surface area contributed by atoms with Gasteiger partial charge in [0, 0.05) is 60.6 Å². The number of piperidine rings is 1. The number of carbonyl (C=O) groups is 2. The van der Waals surface area contributed by atoms with E-state index in [-0.39, 0.29) is 23.8 Å². The lowest BCUT2D eigenvalue weighted by Gasteiger charge is -2.32. The highest BCUT2D eigenvalue weighted by Gasteiger charge is 2.27. The Morgan fingerprint density at radius 1 is 1.06 bits per heavy atom. The van der Waals surface area contributed by atoms with Gasteiger partial charge in [-0.05, 0) is 37.1 Å². The Kier molecular flexibility index (Phi) is 5.32. The van der Waals surface area contributed by atoms with Gasteiger partial charge in [-0.15, -0.1) is 0 Å². The topological polar surface area (TPSA) is 87.3 Å². The van der Waals surface area contributed by atoms with Gasteiger partial charge in [0.25, 0.3) is 5.91 Å². The molecule has 31 heavy (non-hydrogen) atoms. The molecule has 1 aliphatic carbocycles. The van der Waals surface area contributed by atoms with Crippen molar-refractivity contribution in [2.45, 2.75) is 38.2 Å². The third kappa shape index (κ3) is 4.13. The smallest absolute Gasteiger partial charge is 0.254 e. The average Bonchev–Trinajstić information content (AvgIpc) is 3.23. The van der Waals surface area contributed by atoms with E-state index < -0.39 is 0 Å². The van der Waals surface area contributed by atoms with Crippen molar-refractivity contribution < 1.29 is 14.3 Å². The molecule has 1 aliphatic heterocycles. The van der Waals surface area contributed by atoms with Crippen molar-refractivity contribution in [3.63, 3.8) is 0 Å². The fraction of sp³-hybridized carbons (Fsp3) is 0.375. The third-order valence-electron chi connectivity index (χ3n) is 6.32. The van der Waals surface area contributed by atoms with Crippen LogP contribution in [0.1, 0.15) is 42.5 Å². The van der Waals surface area contributed by atoms with Gasteiger partial charge >= 0.3 is 0 Å². The second-order valence-corrected chi connectivity index (χ2v) is 8.36. The second-order valence-electron chi connectivity index (χ2n) is 8.36. The molecule has 0 radical (unpaired) electrons. The molecule has 1 saturated heterocycles. The van der Waals surface area contributed by atoms with Crippen LogP contribution >= 0.6 is 0 Å². The van der Waals surface area contributed by atoms with Crippen LogP contribution in [0.5, 0.6) is 5.88 Å². The molecule has 1 aromatic carbocycles. The van der Waals surface area contributed by atoms with E-state index in [1.165, 1.54) is 0 Å². The van der Waals surface area contributed by atoms with E-state index >= 15 is 0 Å². The Labute approximate surface area is 180 Å². The fourth-order valence-corrected chi connectivity index (χ4v) is 4.23. The Balaban J connectivity index is 1.14. The van der Waals surface area contributed by atoms with Crippen molar-refractivity contribution in [3.8, 4) is 5.88 Å². The van der Waals surface area contributed by atoms with Gasteiger partial charge in [0.05, 0.1) is 11.9 Å². The summed E-state index contributed by atoms with van der Waals surface area (Å²) < 4.78 is 6.02. The Morgan fingerprint density at radius 2 is 1.90 bits per heavy atom. The second kappa shape index (κ2) is 8.41. The van der Waals surface area contributed by atoms with E-state index in [1.807, 2.05) is 41.4 Å². The number of likely N-dealkylation sites (tertiary alicyclic amines) is 1. The maximum absolute atomic E-state index is 13.0. The highest BCUT2D eigenvalue weighted by molar-refractivity contribution is 6.06. The first kappa shape index (κ1) is 19.6. The number of hydrogen-bond donors (Lipinski definition) is 2. The van der Waals surface area contributed by atoms with Crippen LogP contribution in [0.2, 0.25) is 0 Å². The molecule has 1 saturated carbocycles. The number of fused-ring (bicyclic) bond motifs is 1. The number of amides is 2. The number of anilines is 1. The minimum Gasteiger partial charge on any atom is -0.474 e. The van der Waals surface area contributed by atoms with Gasteiger partial charge in [-0.2, -0.15) is 0 Å². The quantitative estimate of drug-likeness (QED) is 0.656. The molecular formula is C24H26N4O3. The first-order chi connectivity index (χ1) is 15.2. The molecule has 3 heterocycles. The summed E-state index contributed by atoms with van der Waals surface area (Å²) in [6.07, 6.45) is 8.13. The van der Waals surface area contributed by atoms with Crippen LogP contribution in [0, 0.1) is 5.92 Å². The van der Waals surface area contributed by atoms with Crippen LogP contribution in [-0.4, -0.2) is 45.9 Å². The van der Waals surface area contributed by atoms with Gasteiger partial charge in [0.1, 0.15) is 6.10 Å². The molecule has 0 spiro atoms. The molecule has 0 atom stereocenters. The number of nitrogens with zero attached hydrogens (tertiary/aromatic N) is 2. The van der Waals surface area contributed by atoms with Crippen LogP contribution in [0.4, 0.5) is 5.69 Å². The molecular weight excluding hydrogens is 392 g/mol. The van der Waals surface area contributed by atoms with E-state index in [2.05, 4.69) is 15.3 Å². The first-order valence-corrected chi connectivity index (χ1v) is 11.0. The van der Waals surface area contributed by atoms with Gasteiger partial charge in [-0.1, -0.05) is 12.5 Å². The summed E-state index contributed by atoms with van der Waals surface area (Å²) >= 11 is 0. The van der Waals surface area contributed by atoms with E-state index in [9.17, 15) is 9.59 Å². The molecule has 2 aromatic heterocycles. The number of pyridine rings is 1. The monoisotopic (exact) mass is 418 g/mol. The van der Waals surface area contributed by atoms with E-state index in [1.54, 1.807) is 12.3 Å². The summed E-state index contributed by atoms with van der Waals surface area (Å²) in [6.45, 7) is 1.31. The number of nitrogens with one attached hydrogen (secondary N) is 2. The molecule has 3 aromatic rings. The molecule has 0 unspecified atom stereocenters. The molecule has 0 bridgehead atoms. The van der Waals surface area contributed by atoms with Crippen molar-refractivity contribution >= 4 is 28.4 Å². The van der Waals surface area contributed by atoms with Gasteiger partial charge in [0.15, 0.2) is 0 Å². The lowest BCUT2D eigenvalue weighted by atomic mass is 9.85. The van der Waals surface area contributed by atoms with Gasteiger partial charge in [-0.3, -0.25) is 9.59 Å². The van der Waals surface area contributed by atoms with E-state index in [0.29, 0.717) is 24.7 Å². The first-order valence-electron chi connectivity index (χ1n) is 11.0. The van der Waals surface area contributed by atoms with Gasteiger partial charge in [0.2, 0.25) is 11.8 Å². The van der Waals surface area contributed by atoms with E-state index in [0.717, 1.165) is 48.6 Å². The molecule has 7 nitrogen and oxygen atoms in total. The van der Waals surface area contributed by atoms with E-state index in [4.69, 9.17) is 4.74 Å². The summed E-state index contributed by atoms with van der Waals surface area (Å²) in [4.78, 5) is 34.4. The minimum atomic E-state index is 0.0232. The normalized spacial score (nSPS) is 17.4. The number of aromatic amines is 1. The zero-order chi connectivity index (χ0) is 21.2. The van der Waals surface area contributed by atoms with Crippen molar-refractivity contribution in [1.82, 2.24) is 14.9 Å². The predicted octanol–water partition coefficient (Wildman–Crippen LogP) is 3.99. The number of aromatic nitrogens is 2. The van der Waals surface area contributed by atoms with Crippen LogP contribution in [0.25, 0.3) is 10.9 Å². The summed E-state index contributed by atoms with van der Waals surface area (Å²) in [7, 11) is 0. The highest BCUT2D eigenvalue weighted by atomic mass is 16.5. The Morgan fingerprint density at radius 3 is 2.61 bits per heavy atom. The Bertz CT molecular complexity index is 1080. The third-order valence-corrected chi connectivity index (χ3v) is 6.32. The highest BCUT2D eigenvalue weighted by Crippen LogP contribution is 2.28. The van der Waals surface area contributed by atoms with Crippen LogP contribution in [-0.2, 0) is 4.79 Å². The number of benzene rings is 1. The summed E-state index contributed by atoms with van der Waals surface area (Å²) in [5.74, 6) is 0.832. The number of H-pyrrole nitrogens is 1. The SMILES string of the molecule is O=C(Nc1ccc(OC2CCN(C(=O)c3cccc4[nH]ccc34)CC2)nc1)C1CCC1. The molecule has 5 rings (SSSR count). The zero-order valence-corrected chi connectivity index (χ0v) is 17.3. The zero-order valence-electron chi connectivity index (χ0n) is 17.3. The summed E-state index contributed by atoms with van der Waals surface area (Å²) in [5.41, 5.74) is 2.41. The lowest BCUT2D eigenvalue weighted by molar-refractivity contribution is -0.122. The van der Waals surface area contributed by atoms with Crippen LogP contribution in [0.3, 0.4) is 0 Å². The maximum Gasteiger partial charge on any atom is 0.254 e. The number of rotatable bonds is 5. The van der Waals surface area contributed by atoms with Crippen LogP contribution in [0.15, 0.2) is 48.8 Å². The van der Waals surface area contributed by atoms with Crippen molar-refractivity contribution in [2.75, 3.05) is 18.4 Å². The molecule has 2 fully saturated rings. The standard InChI is InChI=1S/C24H26N4O3/c29-23(16-3-1-4-16)27-17-7-8-22(26-15-17)31-18-10-13-28(14-11-18)24(30)20-5-2-6-21-19(20)9-12-25-21/h2,5-9,12,15-16,18,25H,1,3-4,10-11,13-14H2,(H,27,29). The minimum absolute atomic E-state index is 0.0232. The molecule has 7 heteroatoms. The summed E-state index contributed by atoms with van der Waals surface area (Å²) in [6, 6.07) is 11.3. The van der Waals surface area contributed by atoms with Crippen LogP contribution < -0.4 is 10.1 Å². The summed E-state index contributed by atoms with van der Waals surface area (Å²) in [5, 5.41) is 3.87. The average molecular weight is 418 g/mol. The molecule has 2 amide bonds. The van der Waals surface area contributed by atoms with Gasteiger partial charge < -0.3 is 19.9 Å². The van der Waals surface area contributed by atoms with Gasteiger partial charge in [-0.25, -0.2) is 4.98 Å². The molecule has 2 aliphatic rings. The van der Waals surface area contributed by atoms with Crippen molar-refractivity contribution in [1.29, 1.82) is 0 Å². The van der Waals surface area contributed by atoms with Crippen molar-refractivity contribution in [2.24, 2.45) is 5.92 Å². The number of carbonyl (C=O) groups excluding carboxylic acids is 2. The molecule has 2 N–H and O–H groups in total. The predicted molar refractivity (Wildman–Crippen MR) is 118 cm³/mol. The Hall–Kier alpha value is -3.35. The number of hydrogen-bond acceptors (Lipinski definition) is 4. The molecule has 160 valence electrons.